The molecule has 1 amide bonds. The molecule has 0 radical (unpaired) electrons. The van der Waals surface area contributed by atoms with E-state index in [1.54, 1.807) is 24.4 Å². The molecule has 0 saturated carbocycles. The van der Waals surface area contributed by atoms with Gasteiger partial charge in [-0.05, 0) is 58.0 Å². The molecule has 1 aromatic heterocycles. The first-order chi connectivity index (χ1) is 14.8. The third-order valence-corrected chi connectivity index (χ3v) is 5.48. The van der Waals surface area contributed by atoms with Gasteiger partial charge in [-0.25, -0.2) is 0 Å². The molecule has 31 heavy (non-hydrogen) atoms. The number of nitrogens with one attached hydrogen (secondary N) is 1. The normalized spacial score (nSPS) is 15.4. The van der Waals surface area contributed by atoms with Gasteiger partial charge in [0.25, 0.3) is 5.91 Å². The van der Waals surface area contributed by atoms with Crippen molar-refractivity contribution < 1.29 is 19.1 Å². The number of rotatable bonds is 9. The lowest BCUT2D eigenvalue weighted by molar-refractivity contribution is -0.121. The highest BCUT2D eigenvalue weighted by Gasteiger charge is 2.35. The van der Waals surface area contributed by atoms with Crippen LogP contribution >= 0.6 is 0 Å². The molecule has 1 aromatic carbocycles. The maximum Gasteiger partial charge on any atom is 0.252 e. The second-order valence-corrected chi connectivity index (χ2v) is 8.29. The molecule has 0 atom stereocenters. The first kappa shape index (κ1) is 22.5. The van der Waals surface area contributed by atoms with E-state index in [1.165, 1.54) is 0 Å². The lowest BCUT2D eigenvalue weighted by Crippen LogP contribution is -2.42. The van der Waals surface area contributed by atoms with Crippen molar-refractivity contribution in [1.29, 1.82) is 5.26 Å². The first-order valence-corrected chi connectivity index (χ1v) is 10.4. The average molecular weight is 425 g/mol. The van der Waals surface area contributed by atoms with Crippen LogP contribution in [0.4, 0.5) is 0 Å². The lowest BCUT2D eigenvalue weighted by Gasteiger charge is -2.37. The predicted molar refractivity (Wildman–Crippen MR) is 116 cm³/mol. The van der Waals surface area contributed by atoms with Crippen LogP contribution in [0, 0.1) is 16.7 Å². The molecule has 8 heteroatoms. The van der Waals surface area contributed by atoms with Crippen molar-refractivity contribution in [1.82, 2.24) is 10.3 Å². The number of amides is 1. The number of primary amides is 1. The molecule has 2 aromatic rings. The molecule has 0 aliphatic carbocycles. The maximum atomic E-state index is 12.2. The van der Waals surface area contributed by atoms with Crippen molar-refractivity contribution >= 4 is 22.6 Å². The van der Waals surface area contributed by atoms with Gasteiger partial charge in [-0.2, -0.15) is 5.26 Å². The Labute approximate surface area is 181 Å². The van der Waals surface area contributed by atoms with E-state index in [4.69, 9.17) is 20.5 Å². The quantitative estimate of drug-likeness (QED) is 0.633. The Morgan fingerprint density at radius 1 is 1.29 bits per heavy atom. The van der Waals surface area contributed by atoms with E-state index in [-0.39, 0.29) is 29.3 Å². The Hall–Kier alpha value is -3.18. The van der Waals surface area contributed by atoms with E-state index in [0.717, 1.165) is 25.9 Å². The standard InChI is InChI=1S/C23H28N4O4/c1-15(2)31-21-12-17-19(11-18(21)22(25)29)27-8-4-20(17)30-14-23(5-9-26-10-6-23)13-16(28)3-7-24/h4,8,11-12,15,26H,3,5-6,9-10,13-14H2,1-2H3,(H2,25,29). The van der Waals surface area contributed by atoms with Crippen LogP contribution in [0.5, 0.6) is 11.5 Å². The third kappa shape index (κ3) is 5.50. The Balaban J connectivity index is 1.91. The van der Waals surface area contributed by atoms with Gasteiger partial charge in [0.1, 0.15) is 17.3 Å². The largest absolute Gasteiger partial charge is 0.492 e. The number of aromatic nitrogens is 1. The van der Waals surface area contributed by atoms with Crippen molar-refractivity contribution in [2.24, 2.45) is 11.1 Å². The maximum absolute atomic E-state index is 12.2. The van der Waals surface area contributed by atoms with E-state index in [0.29, 0.717) is 35.4 Å². The molecule has 1 aliphatic rings. The van der Waals surface area contributed by atoms with Gasteiger partial charge in [0.15, 0.2) is 0 Å². The van der Waals surface area contributed by atoms with Gasteiger partial charge < -0.3 is 20.5 Å². The minimum absolute atomic E-state index is 0.0636. The van der Waals surface area contributed by atoms with Crippen molar-refractivity contribution in [2.45, 2.75) is 45.6 Å². The van der Waals surface area contributed by atoms with Gasteiger partial charge in [-0.1, -0.05) is 0 Å². The molecule has 164 valence electrons. The van der Waals surface area contributed by atoms with Gasteiger partial charge in [0.2, 0.25) is 0 Å². The van der Waals surface area contributed by atoms with Crippen LogP contribution in [0.2, 0.25) is 0 Å². The summed E-state index contributed by atoms with van der Waals surface area (Å²) in [5.74, 6) is 0.329. The summed E-state index contributed by atoms with van der Waals surface area (Å²) in [6.45, 7) is 5.69. The van der Waals surface area contributed by atoms with E-state index < -0.39 is 5.91 Å². The smallest absolute Gasteiger partial charge is 0.252 e. The van der Waals surface area contributed by atoms with Crippen LogP contribution < -0.4 is 20.5 Å². The zero-order chi connectivity index (χ0) is 22.4. The van der Waals surface area contributed by atoms with Gasteiger partial charge in [-0.3, -0.25) is 14.6 Å². The second kappa shape index (κ2) is 9.75. The molecule has 1 aliphatic heterocycles. The fraction of sp³-hybridized carbons (Fsp3) is 0.478. The summed E-state index contributed by atoms with van der Waals surface area (Å²) >= 11 is 0. The minimum atomic E-state index is -0.588. The van der Waals surface area contributed by atoms with Crippen LogP contribution in [0.25, 0.3) is 10.9 Å². The summed E-state index contributed by atoms with van der Waals surface area (Å²) in [6.07, 6.45) is 3.29. The minimum Gasteiger partial charge on any atom is -0.492 e. The summed E-state index contributed by atoms with van der Waals surface area (Å²) in [5, 5.41) is 12.9. The van der Waals surface area contributed by atoms with Crippen molar-refractivity contribution in [3.63, 3.8) is 0 Å². The van der Waals surface area contributed by atoms with Crippen molar-refractivity contribution in [2.75, 3.05) is 19.7 Å². The number of fused-ring (bicyclic) bond motifs is 1. The Morgan fingerprint density at radius 3 is 2.68 bits per heavy atom. The topological polar surface area (TPSA) is 127 Å². The number of nitrogens with two attached hydrogens (primary N) is 1. The Bertz CT molecular complexity index is 1010. The van der Waals surface area contributed by atoms with Crippen LogP contribution in [0.3, 0.4) is 0 Å². The highest BCUT2D eigenvalue weighted by atomic mass is 16.5. The van der Waals surface area contributed by atoms with Crippen molar-refractivity contribution in [3.8, 4) is 17.6 Å². The van der Waals surface area contributed by atoms with Gasteiger partial charge in [0, 0.05) is 23.4 Å². The van der Waals surface area contributed by atoms with Crippen LogP contribution in [0.15, 0.2) is 24.4 Å². The molecule has 3 N–H and O–H groups in total. The summed E-state index contributed by atoms with van der Waals surface area (Å²) in [5.41, 5.74) is 6.04. The highest BCUT2D eigenvalue weighted by Crippen LogP contribution is 2.36. The molecule has 0 unspecified atom stereocenters. The fourth-order valence-electron chi connectivity index (χ4n) is 3.95. The van der Waals surface area contributed by atoms with Gasteiger partial charge in [-0.15, -0.1) is 0 Å². The summed E-state index contributed by atoms with van der Waals surface area (Å²) in [7, 11) is 0. The molecule has 1 saturated heterocycles. The van der Waals surface area contributed by atoms with Crippen LogP contribution in [-0.4, -0.2) is 42.5 Å². The molecule has 2 heterocycles. The first-order valence-electron chi connectivity index (χ1n) is 10.4. The SMILES string of the molecule is CC(C)Oc1cc2c(OCC3(CC(=O)CC#N)CCNCC3)ccnc2cc1C(N)=O. The number of nitriles is 1. The summed E-state index contributed by atoms with van der Waals surface area (Å²) in [6, 6.07) is 7.04. The summed E-state index contributed by atoms with van der Waals surface area (Å²) < 4.78 is 12.0. The van der Waals surface area contributed by atoms with Crippen molar-refractivity contribution in [3.05, 3.63) is 30.0 Å². The third-order valence-electron chi connectivity index (χ3n) is 5.48. The molecular weight excluding hydrogens is 396 g/mol. The number of hydrogen-bond donors (Lipinski definition) is 2. The number of benzene rings is 1. The van der Waals surface area contributed by atoms with Gasteiger partial charge in [0.05, 0.1) is 36.3 Å². The molecular formula is C23H28N4O4. The molecule has 1 fully saturated rings. The molecule has 3 rings (SSSR count). The lowest BCUT2D eigenvalue weighted by atomic mass is 9.75. The number of Topliss-reactive ketones (excluding diaryl/α,β-unsaturated/α-hetero) is 1. The number of nitrogens with zero attached hydrogens (tertiary/aromatic N) is 2. The monoisotopic (exact) mass is 424 g/mol. The second-order valence-electron chi connectivity index (χ2n) is 8.29. The molecule has 0 spiro atoms. The van der Waals surface area contributed by atoms with E-state index in [2.05, 4.69) is 10.3 Å². The number of carbonyl (C=O) groups excluding carboxylic acids is 2. The Morgan fingerprint density at radius 2 is 2.03 bits per heavy atom. The number of hydrogen-bond acceptors (Lipinski definition) is 7. The average Bonchev–Trinajstić information content (AvgIpc) is 2.72. The number of pyridine rings is 1. The van der Waals surface area contributed by atoms with E-state index >= 15 is 0 Å². The zero-order valence-corrected chi connectivity index (χ0v) is 17.9. The Kier molecular flexibility index (Phi) is 7.08. The predicted octanol–water partition coefficient (Wildman–Crippen LogP) is 2.74. The van der Waals surface area contributed by atoms with Gasteiger partial charge >= 0.3 is 0 Å². The molecule has 8 nitrogen and oxygen atoms in total. The highest BCUT2D eigenvalue weighted by molar-refractivity contribution is 6.01. The number of carbonyl (C=O) groups is 2. The van der Waals surface area contributed by atoms with Crippen LogP contribution in [-0.2, 0) is 4.79 Å². The van der Waals surface area contributed by atoms with E-state index in [9.17, 15) is 9.59 Å². The molecule has 0 bridgehead atoms. The number of piperidine rings is 1. The fourth-order valence-corrected chi connectivity index (χ4v) is 3.95. The van der Waals surface area contributed by atoms with E-state index in [1.807, 2.05) is 19.9 Å². The number of ether oxygens (including phenoxy) is 2. The number of ketones is 1. The zero-order valence-electron chi connectivity index (χ0n) is 17.9. The summed E-state index contributed by atoms with van der Waals surface area (Å²) in [4.78, 5) is 28.5. The van der Waals surface area contributed by atoms with Crippen LogP contribution in [0.1, 0.15) is 49.9 Å².